The normalized spacial score (nSPS) is 12.0. The predicted molar refractivity (Wildman–Crippen MR) is 83.1 cm³/mol. The summed E-state index contributed by atoms with van der Waals surface area (Å²) in [6.07, 6.45) is 5.42. The zero-order chi connectivity index (χ0) is 11.4. The first kappa shape index (κ1) is 18.2. The second-order valence-electron chi connectivity index (χ2n) is 4.13. The first-order valence-corrected chi connectivity index (χ1v) is 12.1. The molecule has 0 aromatic rings. The summed E-state index contributed by atoms with van der Waals surface area (Å²) in [6.45, 7) is 9.03. The zero-order valence-electron chi connectivity index (χ0n) is 9.74. The van der Waals surface area contributed by atoms with Gasteiger partial charge in [-0.15, -0.1) is 0 Å². The summed E-state index contributed by atoms with van der Waals surface area (Å²) in [7, 11) is 1.93. The van der Waals surface area contributed by atoms with Crippen LogP contribution in [0.4, 0.5) is 0 Å². The molecule has 0 aromatic heterocycles. The molecular formula is C10H24Br2P2. The molecule has 0 heterocycles. The molecule has 0 N–H and O–H groups in total. The first-order valence-electron chi connectivity index (χ1n) is 5.21. The van der Waals surface area contributed by atoms with Crippen LogP contribution in [-0.4, -0.2) is 12.3 Å². The van der Waals surface area contributed by atoms with Crippen molar-refractivity contribution in [3.8, 4) is 0 Å². The lowest BCUT2D eigenvalue weighted by Gasteiger charge is -1.98. The molecule has 2 unspecified atom stereocenters. The molecule has 88 valence electrons. The Labute approximate surface area is 110 Å². The standard InChI is InChI=1S/2C5H12BrP/c2*1-5(2)3-4-7-6/h2*5,7H,3-4H2,1-2H3. The van der Waals surface area contributed by atoms with Crippen LogP contribution >= 0.6 is 45.5 Å². The zero-order valence-corrected chi connectivity index (χ0v) is 14.9. The van der Waals surface area contributed by atoms with Crippen molar-refractivity contribution in [3.63, 3.8) is 0 Å². The fourth-order valence-corrected chi connectivity index (χ4v) is 3.43. The highest BCUT2D eigenvalue weighted by atomic mass is 79.9. The van der Waals surface area contributed by atoms with Crippen molar-refractivity contribution in [2.24, 2.45) is 11.8 Å². The van der Waals surface area contributed by atoms with Crippen LogP contribution < -0.4 is 0 Å². The van der Waals surface area contributed by atoms with Gasteiger partial charge in [-0.1, -0.05) is 73.2 Å². The lowest BCUT2D eigenvalue weighted by molar-refractivity contribution is 0.632. The van der Waals surface area contributed by atoms with Crippen LogP contribution in [0.1, 0.15) is 40.5 Å². The predicted octanol–water partition coefficient (Wildman–Crippen LogP) is 6.04. The van der Waals surface area contributed by atoms with Gasteiger partial charge in [-0.2, -0.15) is 0 Å². The van der Waals surface area contributed by atoms with Crippen LogP contribution in [0.5, 0.6) is 0 Å². The molecule has 0 spiro atoms. The Morgan fingerprint density at radius 3 is 1.14 bits per heavy atom. The van der Waals surface area contributed by atoms with E-state index in [9.17, 15) is 0 Å². The molecule has 0 fully saturated rings. The van der Waals surface area contributed by atoms with Crippen LogP contribution in [0.3, 0.4) is 0 Å². The number of hydrogen-bond donors (Lipinski definition) is 0. The van der Waals surface area contributed by atoms with Crippen molar-refractivity contribution in [2.75, 3.05) is 12.3 Å². The quantitative estimate of drug-likeness (QED) is 0.503. The number of halogens is 2. The third kappa shape index (κ3) is 23.6. The molecule has 0 nitrogen and oxygen atoms in total. The van der Waals surface area contributed by atoms with Gasteiger partial charge in [0, 0.05) is 0 Å². The monoisotopic (exact) mass is 364 g/mol. The Hall–Kier alpha value is 1.82. The van der Waals surface area contributed by atoms with E-state index >= 15 is 0 Å². The molecule has 14 heavy (non-hydrogen) atoms. The average Bonchev–Trinajstić information content (AvgIpc) is 2.12. The minimum Gasteiger partial charge on any atom is -0.0642 e. The molecule has 0 aliphatic carbocycles. The summed E-state index contributed by atoms with van der Waals surface area (Å²) in [5.41, 5.74) is 0. The smallest absolute Gasteiger partial charge is 0.0252 e. The molecule has 0 radical (unpaired) electrons. The topological polar surface area (TPSA) is 0 Å². The summed E-state index contributed by atoms with van der Waals surface area (Å²) >= 11 is 6.81. The van der Waals surface area contributed by atoms with Crippen molar-refractivity contribution in [1.29, 1.82) is 0 Å². The summed E-state index contributed by atoms with van der Waals surface area (Å²) in [6, 6.07) is 0. The van der Waals surface area contributed by atoms with Gasteiger partial charge >= 0.3 is 0 Å². The highest BCUT2D eigenvalue weighted by Gasteiger charge is 1.89. The summed E-state index contributed by atoms with van der Waals surface area (Å²) in [5.74, 6) is 1.76. The van der Waals surface area contributed by atoms with Gasteiger partial charge in [-0.05, 0) is 37.0 Å². The van der Waals surface area contributed by atoms with Crippen LogP contribution in [0, 0.1) is 11.8 Å². The van der Waals surface area contributed by atoms with E-state index < -0.39 is 0 Å². The van der Waals surface area contributed by atoms with Gasteiger partial charge in [-0.25, -0.2) is 0 Å². The van der Waals surface area contributed by atoms with Crippen LogP contribution in [0.15, 0.2) is 0 Å². The van der Waals surface area contributed by atoms with Crippen molar-refractivity contribution >= 4 is 45.5 Å². The molecule has 0 amide bonds. The minimum absolute atomic E-state index is 0.880. The number of hydrogen-bond acceptors (Lipinski definition) is 0. The van der Waals surface area contributed by atoms with E-state index in [0.29, 0.717) is 0 Å². The van der Waals surface area contributed by atoms with Crippen molar-refractivity contribution in [3.05, 3.63) is 0 Å². The van der Waals surface area contributed by atoms with Gasteiger partial charge in [-0.3, -0.25) is 0 Å². The summed E-state index contributed by atoms with van der Waals surface area (Å²) in [4.78, 5) is 0. The molecule has 0 rings (SSSR count). The molecule has 0 aliphatic rings. The van der Waals surface area contributed by atoms with E-state index in [0.717, 1.165) is 26.4 Å². The van der Waals surface area contributed by atoms with Crippen molar-refractivity contribution in [1.82, 2.24) is 0 Å². The fraction of sp³-hybridized carbons (Fsp3) is 1.00. The second kappa shape index (κ2) is 14.8. The van der Waals surface area contributed by atoms with E-state index in [-0.39, 0.29) is 0 Å². The van der Waals surface area contributed by atoms with Crippen LogP contribution in [0.25, 0.3) is 0 Å². The Morgan fingerprint density at radius 1 is 0.786 bits per heavy atom. The summed E-state index contributed by atoms with van der Waals surface area (Å²) in [5, 5.41) is 0. The van der Waals surface area contributed by atoms with Crippen LogP contribution in [-0.2, 0) is 0 Å². The maximum atomic E-state index is 3.41. The minimum atomic E-state index is 0.880. The van der Waals surface area contributed by atoms with Gasteiger partial charge in [0.2, 0.25) is 0 Å². The molecule has 0 aliphatic heterocycles. The van der Waals surface area contributed by atoms with Crippen molar-refractivity contribution < 1.29 is 0 Å². The Balaban J connectivity index is 0. The summed E-state index contributed by atoms with van der Waals surface area (Å²) < 4.78 is 0. The maximum absolute atomic E-state index is 3.41. The first-order chi connectivity index (χ1) is 6.54. The van der Waals surface area contributed by atoms with Gasteiger partial charge in [0.05, 0.1) is 0 Å². The van der Waals surface area contributed by atoms with Gasteiger partial charge < -0.3 is 0 Å². The highest BCUT2D eigenvalue weighted by Crippen LogP contribution is 2.22. The fourth-order valence-electron chi connectivity index (χ4n) is 0.686. The van der Waals surface area contributed by atoms with E-state index in [2.05, 4.69) is 58.7 Å². The number of rotatable bonds is 6. The molecule has 0 saturated carbocycles. The Bertz CT molecular complexity index is 86.1. The van der Waals surface area contributed by atoms with E-state index in [1.165, 1.54) is 25.2 Å². The molecule has 0 bridgehead atoms. The molecular weight excluding hydrogens is 342 g/mol. The third-order valence-electron chi connectivity index (χ3n) is 1.63. The SMILES string of the molecule is CC(C)CCPBr.CC(C)CCPBr. The lowest BCUT2D eigenvalue weighted by atomic mass is 10.2. The third-order valence-corrected chi connectivity index (χ3v) is 4.97. The Kier molecular flexibility index (Phi) is 19.3. The van der Waals surface area contributed by atoms with Gasteiger partial charge in [0.15, 0.2) is 0 Å². The van der Waals surface area contributed by atoms with Crippen LogP contribution in [0.2, 0.25) is 0 Å². The highest BCUT2D eigenvalue weighted by molar-refractivity contribution is 9.37. The van der Waals surface area contributed by atoms with E-state index in [1.54, 1.807) is 0 Å². The van der Waals surface area contributed by atoms with Crippen molar-refractivity contribution in [2.45, 2.75) is 40.5 Å². The average molecular weight is 366 g/mol. The maximum Gasteiger partial charge on any atom is -0.0252 e. The van der Waals surface area contributed by atoms with Gasteiger partial charge in [0.25, 0.3) is 0 Å². The lowest BCUT2D eigenvalue weighted by Crippen LogP contribution is -1.85. The largest absolute Gasteiger partial charge is 0.0642 e. The molecule has 0 saturated heterocycles. The molecule has 2 atom stereocenters. The Morgan fingerprint density at radius 2 is 1.07 bits per heavy atom. The molecule has 4 heteroatoms. The van der Waals surface area contributed by atoms with E-state index in [4.69, 9.17) is 0 Å². The van der Waals surface area contributed by atoms with Gasteiger partial charge in [0.1, 0.15) is 0 Å². The second-order valence-corrected chi connectivity index (χ2v) is 9.03. The van der Waals surface area contributed by atoms with E-state index in [1.807, 2.05) is 0 Å². The molecule has 0 aromatic carbocycles.